The third-order valence-corrected chi connectivity index (χ3v) is 6.53. The molecule has 0 N–H and O–H groups in total. The van der Waals surface area contributed by atoms with Gasteiger partial charge in [-0.05, 0) is 37.0 Å². The molecule has 22 heavy (non-hydrogen) atoms. The summed E-state index contributed by atoms with van der Waals surface area (Å²) in [5.41, 5.74) is 0.194. The molecule has 128 valence electrons. The molecule has 1 heterocycles. The summed E-state index contributed by atoms with van der Waals surface area (Å²) in [7, 11) is 0. The van der Waals surface area contributed by atoms with Crippen LogP contribution in [0.2, 0.25) is 0 Å². The largest absolute Gasteiger partial charge is 0.349 e. The molecule has 1 spiro atoms. The van der Waals surface area contributed by atoms with Crippen molar-refractivity contribution >= 4 is 0 Å². The maximum Gasteiger partial charge on any atom is 0.168 e. The second-order valence-electron chi connectivity index (χ2n) is 9.13. The zero-order valence-corrected chi connectivity index (χ0v) is 15.0. The van der Waals surface area contributed by atoms with Crippen LogP contribution in [0.1, 0.15) is 85.0 Å². The first kappa shape index (κ1) is 16.8. The maximum atomic E-state index is 6.17. The Morgan fingerprint density at radius 1 is 0.773 bits per heavy atom. The van der Waals surface area contributed by atoms with Crippen molar-refractivity contribution in [1.29, 1.82) is 0 Å². The predicted molar refractivity (Wildman–Crippen MR) is 90.7 cm³/mol. The van der Waals surface area contributed by atoms with Gasteiger partial charge in [-0.15, -0.1) is 0 Å². The van der Waals surface area contributed by atoms with Gasteiger partial charge in [0.2, 0.25) is 0 Å². The molecule has 0 aromatic heterocycles. The van der Waals surface area contributed by atoms with E-state index in [-0.39, 0.29) is 11.2 Å². The molecule has 0 bridgehead atoms. The lowest BCUT2D eigenvalue weighted by molar-refractivity contribution is -0.312. The first-order valence-electron chi connectivity index (χ1n) is 9.78. The van der Waals surface area contributed by atoms with Gasteiger partial charge in [0.25, 0.3) is 0 Å². The van der Waals surface area contributed by atoms with E-state index in [1.165, 1.54) is 51.4 Å². The van der Waals surface area contributed by atoms with Gasteiger partial charge < -0.3 is 9.47 Å². The minimum atomic E-state index is -0.216. The lowest BCUT2D eigenvalue weighted by atomic mass is 9.73. The van der Waals surface area contributed by atoms with Crippen LogP contribution in [-0.4, -0.2) is 19.0 Å². The highest BCUT2D eigenvalue weighted by molar-refractivity contribution is 4.86. The number of hydrogen-bond acceptors (Lipinski definition) is 2. The van der Waals surface area contributed by atoms with Gasteiger partial charge in [0.15, 0.2) is 5.79 Å². The second kappa shape index (κ2) is 6.81. The van der Waals surface area contributed by atoms with Gasteiger partial charge in [0.1, 0.15) is 0 Å². The third kappa shape index (κ3) is 4.06. The predicted octanol–water partition coefficient (Wildman–Crippen LogP) is 5.55. The van der Waals surface area contributed by atoms with Gasteiger partial charge in [-0.3, -0.25) is 0 Å². The molecule has 0 radical (unpaired) electrons. The minimum Gasteiger partial charge on any atom is -0.349 e. The highest BCUT2D eigenvalue weighted by Gasteiger charge is 2.43. The van der Waals surface area contributed by atoms with Crippen molar-refractivity contribution in [3.05, 3.63) is 0 Å². The molecule has 1 saturated heterocycles. The van der Waals surface area contributed by atoms with E-state index in [1.807, 2.05) is 0 Å². The van der Waals surface area contributed by atoms with Gasteiger partial charge in [-0.25, -0.2) is 0 Å². The Kier molecular flexibility index (Phi) is 5.19. The average molecular weight is 309 g/mol. The molecule has 0 aromatic rings. The maximum absolute atomic E-state index is 6.17. The number of rotatable bonds is 3. The Morgan fingerprint density at radius 2 is 1.27 bits per heavy atom. The van der Waals surface area contributed by atoms with Crippen LogP contribution in [-0.2, 0) is 9.47 Å². The van der Waals surface area contributed by atoms with Crippen molar-refractivity contribution in [2.45, 2.75) is 90.8 Å². The van der Waals surface area contributed by atoms with Crippen LogP contribution in [0.4, 0.5) is 0 Å². The van der Waals surface area contributed by atoms with E-state index in [4.69, 9.17) is 9.47 Å². The third-order valence-electron chi connectivity index (χ3n) is 6.53. The molecule has 0 unspecified atom stereocenters. The van der Waals surface area contributed by atoms with Crippen molar-refractivity contribution in [3.8, 4) is 0 Å². The Balaban J connectivity index is 1.41. The topological polar surface area (TPSA) is 18.5 Å². The molecule has 0 atom stereocenters. The summed E-state index contributed by atoms with van der Waals surface area (Å²) in [5, 5.41) is 0. The van der Waals surface area contributed by atoms with Gasteiger partial charge >= 0.3 is 0 Å². The van der Waals surface area contributed by atoms with Gasteiger partial charge in [0.05, 0.1) is 13.2 Å². The summed E-state index contributed by atoms with van der Waals surface area (Å²) >= 11 is 0. The van der Waals surface area contributed by atoms with E-state index in [9.17, 15) is 0 Å². The van der Waals surface area contributed by atoms with E-state index in [2.05, 4.69) is 20.8 Å². The van der Waals surface area contributed by atoms with Crippen molar-refractivity contribution < 1.29 is 9.47 Å². The molecule has 3 fully saturated rings. The highest BCUT2D eigenvalue weighted by atomic mass is 16.7. The Morgan fingerprint density at radius 3 is 1.82 bits per heavy atom. The average Bonchev–Trinajstić information content (AvgIpc) is 2.54. The lowest BCUT2D eigenvalue weighted by Crippen LogP contribution is -2.49. The van der Waals surface area contributed by atoms with Crippen molar-refractivity contribution in [3.63, 3.8) is 0 Å². The molecule has 2 heteroatoms. The molecule has 2 aliphatic carbocycles. The van der Waals surface area contributed by atoms with Crippen molar-refractivity contribution in [2.24, 2.45) is 23.2 Å². The molecular weight excluding hydrogens is 272 g/mol. The quantitative estimate of drug-likeness (QED) is 0.680. The summed E-state index contributed by atoms with van der Waals surface area (Å²) in [4.78, 5) is 0. The fraction of sp³-hybridized carbons (Fsp3) is 1.00. The van der Waals surface area contributed by atoms with Crippen LogP contribution < -0.4 is 0 Å². The summed E-state index contributed by atoms with van der Waals surface area (Å²) in [5.74, 6) is 2.74. The Hall–Kier alpha value is -0.0800. The summed E-state index contributed by atoms with van der Waals surface area (Å²) in [6.45, 7) is 8.55. The fourth-order valence-electron chi connectivity index (χ4n) is 4.73. The van der Waals surface area contributed by atoms with E-state index in [0.29, 0.717) is 0 Å². The van der Waals surface area contributed by atoms with Crippen LogP contribution in [0, 0.1) is 23.2 Å². The minimum absolute atomic E-state index is 0.194. The summed E-state index contributed by atoms with van der Waals surface area (Å²) in [6.07, 6.45) is 13.7. The normalized spacial score (nSPS) is 35.6. The Bertz CT molecular complexity index is 335. The Labute approximate surface area is 137 Å². The molecule has 2 saturated carbocycles. The molecule has 3 aliphatic rings. The fourth-order valence-corrected chi connectivity index (χ4v) is 4.73. The molecular formula is C20H36O2. The van der Waals surface area contributed by atoms with Crippen molar-refractivity contribution in [2.75, 3.05) is 13.2 Å². The lowest BCUT2D eigenvalue weighted by Gasteiger charge is -2.47. The van der Waals surface area contributed by atoms with Gasteiger partial charge in [0, 0.05) is 18.3 Å². The number of ether oxygens (including phenoxy) is 2. The van der Waals surface area contributed by atoms with Crippen LogP contribution in [0.15, 0.2) is 0 Å². The first-order chi connectivity index (χ1) is 10.5. The monoisotopic (exact) mass is 308 g/mol. The van der Waals surface area contributed by atoms with E-state index in [0.717, 1.165) is 43.8 Å². The first-order valence-corrected chi connectivity index (χ1v) is 9.78. The SMILES string of the molecule is CCC1CCC(CC2CCC3(CC2)OCC(C)(C)CO3)CC1. The van der Waals surface area contributed by atoms with Gasteiger partial charge in [-0.1, -0.05) is 52.9 Å². The highest BCUT2D eigenvalue weighted by Crippen LogP contribution is 2.44. The smallest absolute Gasteiger partial charge is 0.168 e. The van der Waals surface area contributed by atoms with Crippen LogP contribution in [0.25, 0.3) is 0 Å². The molecule has 1 aliphatic heterocycles. The van der Waals surface area contributed by atoms with E-state index in [1.54, 1.807) is 0 Å². The molecule has 3 rings (SSSR count). The molecule has 2 nitrogen and oxygen atoms in total. The summed E-state index contributed by atoms with van der Waals surface area (Å²) in [6, 6.07) is 0. The zero-order chi connectivity index (χ0) is 15.6. The number of hydrogen-bond donors (Lipinski definition) is 0. The van der Waals surface area contributed by atoms with E-state index >= 15 is 0 Å². The van der Waals surface area contributed by atoms with E-state index < -0.39 is 0 Å². The van der Waals surface area contributed by atoms with Crippen LogP contribution in [0.3, 0.4) is 0 Å². The summed E-state index contributed by atoms with van der Waals surface area (Å²) < 4.78 is 12.3. The van der Waals surface area contributed by atoms with Crippen molar-refractivity contribution in [1.82, 2.24) is 0 Å². The standard InChI is InChI=1S/C20H36O2/c1-4-16-5-7-17(8-6-16)13-18-9-11-20(12-10-18)21-14-19(2,3)15-22-20/h16-18H,4-15H2,1-3H3. The second-order valence-corrected chi connectivity index (χ2v) is 9.13. The van der Waals surface area contributed by atoms with Crippen LogP contribution in [0.5, 0.6) is 0 Å². The van der Waals surface area contributed by atoms with Crippen LogP contribution >= 0.6 is 0 Å². The zero-order valence-electron chi connectivity index (χ0n) is 15.0. The van der Waals surface area contributed by atoms with Gasteiger partial charge in [-0.2, -0.15) is 0 Å². The molecule has 0 aromatic carbocycles. The molecule has 0 amide bonds.